The van der Waals surface area contributed by atoms with Gasteiger partial charge in [-0.05, 0) is 50.1 Å². The highest BCUT2D eigenvalue weighted by molar-refractivity contribution is 7.89. The zero-order valence-electron chi connectivity index (χ0n) is 14.3. The van der Waals surface area contributed by atoms with E-state index < -0.39 is 10.0 Å². The molecule has 0 fully saturated rings. The van der Waals surface area contributed by atoms with Crippen LogP contribution in [0.3, 0.4) is 0 Å². The fourth-order valence-electron chi connectivity index (χ4n) is 2.95. The van der Waals surface area contributed by atoms with Crippen LogP contribution in [0.25, 0.3) is 10.2 Å². The van der Waals surface area contributed by atoms with Crippen LogP contribution < -0.4 is 9.60 Å². The fourth-order valence-corrected chi connectivity index (χ4v) is 5.27. The first-order valence-electron chi connectivity index (χ1n) is 8.04. The fraction of sp³-hybridized carbons (Fsp3) is 0.278. The third-order valence-corrected chi connectivity index (χ3v) is 6.73. The molecule has 0 amide bonds. The van der Waals surface area contributed by atoms with E-state index in [2.05, 4.69) is 4.72 Å². The number of thiazole rings is 1. The minimum atomic E-state index is -3.68. The summed E-state index contributed by atoms with van der Waals surface area (Å²) >= 11 is 1.07. The number of nitrogens with zero attached hydrogens (tertiary/aromatic N) is 1. The number of hydrogen-bond donors (Lipinski definition) is 1. The van der Waals surface area contributed by atoms with E-state index in [0.717, 1.165) is 28.0 Å². The Labute approximate surface area is 151 Å². The van der Waals surface area contributed by atoms with E-state index in [1.165, 1.54) is 0 Å². The zero-order valence-corrected chi connectivity index (χ0v) is 15.9. The first kappa shape index (κ1) is 17.8. The summed E-state index contributed by atoms with van der Waals surface area (Å²) in [6, 6.07) is 12.2. The maximum atomic E-state index is 12.7. The van der Waals surface area contributed by atoms with Gasteiger partial charge >= 0.3 is 4.87 Å². The predicted molar refractivity (Wildman–Crippen MR) is 102 cm³/mol. The van der Waals surface area contributed by atoms with Gasteiger partial charge in [-0.3, -0.25) is 9.36 Å². The average molecular weight is 377 g/mol. The Morgan fingerprint density at radius 3 is 2.60 bits per heavy atom. The van der Waals surface area contributed by atoms with Gasteiger partial charge in [0.2, 0.25) is 10.0 Å². The lowest BCUT2D eigenvalue weighted by Crippen LogP contribution is -2.27. The molecule has 0 radical (unpaired) electrons. The molecular formula is C18H20N2O3S2. The molecule has 0 saturated heterocycles. The Morgan fingerprint density at radius 1 is 1.20 bits per heavy atom. The van der Waals surface area contributed by atoms with Crippen LogP contribution in [0.4, 0.5) is 0 Å². The second-order valence-corrected chi connectivity index (χ2v) is 8.65. The Hall–Kier alpha value is -1.96. The van der Waals surface area contributed by atoms with Crippen LogP contribution in [0.1, 0.15) is 31.0 Å². The van der Waals surface area contributed by atoms with Crippen LogP contribution in [-0.4, -0.2) is 13.0 Å². The van der Waals surface area contributed by atoms with Crippen molar-refractivity contribution in [2.24, 2.45) is 0 Å². The molecule has 0 saturated carbocycles. The van der Waals surface area contributed by atoms with Gasteiger partial charge in [0, 0.05) is 12.6 Å². The molecule has 1 aromatic heterocycles. The van der Waals surface area contributed by atoms with Gasteiger partial charge in [0.25, 0.3) is 0 Å². The van der Waals surface area contributed by atoms with Crippen molar-refractivity contribution < 1.29 is 8.42 Å². The van der Waals surface area contributed by atoms with Crippen molar-refractivity contribution in [2.75, 3.05) is 0 Å². The number of sulfonamides is 1. The van der Waals surface area contributed by atoms with Gasteiger partial charge in [-0.2, -0.15) is 0 Å². The normalized spacial score (nSPS) is 13.2. The maximum absolute atomic E-state index is 12.7. The molecule has 1 N–H and O–H groups in total. The quantitative estimate of drug-likeness (QED) is 0.742. The van der Waals surface area contributed by atoms with Crippen molar-refractivity contribution in [3.8, 4) is 0 Å². The number of aromatic nitrogens is 1. The van der Waals surface area contributed by atoms with Crippen molar-refractivity contribution in [3.63, 3.8) is 0 Å². The largest absolute Gasteiger partial charge is 0.308 e. The number of aryl methyl sites for hydroxylation is 2. The van der Waals surface area contributed by atoms with Gasteiger partial charge in [-0.25, -0.2) is 13.1 Å². The van der Waals surface area contributed by atoms with E-state index in [1.54, 1.807) is 22.8 Å². The first-order valence-corrected chi connectivity index (χ1v) is 10.3. The van der Waals surface area contributed by atoms with Crippen LogP contribution in [0.15, 0.2) is 52.2 Å². The Kier molecular flexibility index (Phi) is 4.81. The van der Waals surface area contributed by atoms with Gasteiger partial charge < -0.3 is 0 Å². The van der Waals surface area contributed by atoms with E-state index in [9.17, 15) is 13.2 Å². The molecule has 3 rings (SSSR count). The van der Waals surface area contributed by atoms with Crippen molar-refractivity contribution >= 4 is 31.6 Å². The zero-order chi connectivity index (χ0) is 18.2. The second kappa shape index (κ2) is 6.74. The number of benzene rings is 2. The molecule has 1 atom stereocenters. The summed E-state index contributed by atoms with van der Waals surface area (Å²) in [5.74, 6) is 0. The predicted octanol–water partition coefficient (Wildman–Crippen LogP) is 3.43. The highest BCUT2D eigenvalue weighted by atomic mass is 32.2. The molecule has 5 nitrogen and oxygen atoms in total. The summed E-state index contributed by atoms with van der Waals surface area (Å²) in [4.78, 5) is 12.0. The standard InChI is InChI=1S/C18H20N2O3S2/c1-4-20-16-10-9-14(11-17(16)24-18(20)21)25(22,23)19-13(3)15-8-6-5-7-12(15)2/h5-11,13,19H,4H2,1-3H3. The molecule has 25 heavy (non-hydrogen) atoms. The lowest BCUT2D eigenvalue weighted by atomic mass is 10.0. The van der Waals surface area contributed by atoms with Gasteiger partial charge in [-0.15, -0.1) is 0 Å². The molecule has 132 valence electrons. The summed E-state index contributed by atoms with van der Waals surface area (Å²) in [5, 5.41) is 0. The lowest BCUT2D eigenvalue weighted by molar-refractivity contribution is 0.566. The van der Waals surface area contributed by atoms with Crippen molar-refractivity contribution in [1.82, 2.24) is 9.29 Å². The Morgan fingerprint density at radius 2 is 1.92 bits per heavy atom. The minimum absolute atomic E-state index is 0.0757. The lowest BCUT2D eigenvalue weighted by Gasteiger charge is -2.16. The highest BCUT2D eigenvalue weighted by Gasteiger charge is 2.20. The monoisotopic (exact) mass is 376 g/mol. The first-order chi connectivity index (χ1) is 11.8. The molecule has 7 heteroatoms. The van der Waals surface area contributed by atoms with E-state index in [0.29, 0.717) is 11.2 Å². The summed E-state index contributed by atoms with van der Waals surface area (Å²) < 4.78 is 30.5. The van der Waals surface area contributed by atoms with E-state index in [-0.39, 0.29) is 15.8 Å². The maximum Gasteiger partial charge on any atom is 0.308 e. The number of hydrogen-bond acceptors (Lipinski definition) is 4. The average Bonchev–Trinajstić information content (AvgIpc) is 2.88. The van der Waals surface area contributed by atoms with E-state index in [4.69, 9.17) is 0 Å². The molecule has 0 bridgehead atoms. The van der Waals surface area contributed by atoms with Gasteiger partial charge in [-0.1, -0.05) is 35.6 Å². The molecule has 1 heterocycles. The third-order valence-electron chi connectivity index (χ3n) is 4.25. The molecule has 0 aliphatic rings. The van der Waals surface area contributed by atoms with Crippen molar-refractivity contribution in [3.05, 3.63) is 63.3 Å². The van der Waals surface area contributed by atoms with Crippen molar-refractivity contribution in [2.45, 2.75) is 38.3 Å². The highest BCUT2D eigenvalue weighted by Crippen LogP contribution is 2.24. The van der Waals surface area contributed by atoms with Gasteiger partial charge in [0.1, 0.15) is 0 Å². The summed E-state index contributed by atoms with van der Waals surface area (Å²) in [6.45, 7) is 6.23. The minimum Gasteiger partial charge on any atom is -0.299 e. The van der Waals surface area contributed by atoms with Crippen LogP contribution in [0, 0.1) is 6.92 Å². The molecule has 0 spiro atoms. The summed E-state index contributed by atoms with van der Waals surface area (Å²) in [6.07, 6.45) is 0. The van der Waals surface area contributed by atoms with Gasteiger partial charge in [0.15, 0.2) is 0 Å². The molecular weight excluding hydrogens is 356 g/mol. The van der Waals surface area contributed by atoms with Crippen LogP contribution in [-0.2, 0) is 16.6 Å². The smallest absolute Gasteiger partial charge is 0.299 e. The summed E-state index contributed by atoms with van der Waals surface area (Å²) in [5.41, 5.74) is 2.74. The topological polar surface area (TPSA) is 68.2 Å². The van der Waals surface area contributed by atoms with Crippen molar-refractivity contribution in [1.29, 1.82) is 0 Å². The molecule has 3 aromatic rings. The van der Waals surface area contributed by atoms with Crippen LogP contribution >= 0.6 is 11.3 Å². The third kappa shape index (κ3) is 3.40. The van der Waals surface area contributed by atoms with Gasteiger partial charge in [0.05, 0.1) is 15.1 Å². The number of nitrogens with one attached hydrogen (secondary N) is 1. The number of rotatable bonds is 5. The second-order valence-electron chi connectivity index (χ2n) is 5.94. The molecule has 0 aliphatic heterocycles. The van der Waals surface area contributed by atoms with E-state index in [1.807, 2.05) is 45.0 Å². The molecule has 2 aromatic carbocycles. The molecule has 1 unspecified atom stereocenters. The van der Waals surface area contributed by atoms with Crippen LogP contribution in [0.5, 0.6) is 0 Å². The number of fused-ring (bicyclic) bond motifs is 1. The SMILES string of the molecule is CCn1c(=O)sc2cc(S(=O)(=O)NC(C)c3ccccc3C)ccc21. The Balaban J connectivity index is 1.96. The van der Waals surface area contributed by atoms with Crippen LogP contribution in [0.2, 0.25) is 0 Å². The summed E-state index contributed by atoms with van der Waals surface area (Å²) in [7, 11) is -3.68. The Bertz CT molecular complexity index is 1080. The molecule has 0 aliphatic carbocycles. The van der Waals surface area contributed by atoms with E-state index >= 15 is 0 Å².